The van der Waals surface area contributed by atoms with E-state index in [1.54, 1.807) is 31.3 Å². The Morgan fingerprint density at radius 2 is 1.96 bits per heavy atom. The van der Waals surface area contributed by atoms with Gasteiger partial charge in [-0.1, -0.05) is 22.0 Å². The largest absolute Gasteiger partial charge is 0.460 e. The summed E-state index contributed by atoms with van der Waals surface area (Å²) >= 11 is 3.33. The summed E-state index contributed by atoms with van der Waals surface area (Å²) < 4.78 is 46.6. The topological polar surface area (TPSA) is 38.2 Å². The van der Waals surface area contributed by atoms with Gasteiger partial charge in [0.05, 0.1) is 0 Å². The summed E-state index contributed by atoms with van der Waals surface area (Å²) in [6.07, 6.45) is 0.0674. The van der Waals surface area contributed by atoms with Crippen LogP contribution in [-0.4, -0.2) is 23.1 Å². The van der Waals surface area contributed by atoms with Crippen LogP contribution in [0.3, 0.4) is 0 Å². The summed E-state index contributed by atoms with van der Waals surface area (Å²) in [4.78, 5) is 9.23. The SMILES string of the molecule is CN(c1cccc(Br)c1)c1nc(OC2CCCC2)ncc1C(F)(F)F. The molecule has 4 nitrogen and oxygen atoms in total. The molecule has 2 aromatic rings. The molecule has 0 atom stereocenters. The van der Waals surface area contributed by atoms with Crippen molar-refractivity contribution in [2.24, 2.45) is 0 Å². The van der Waals surface area contributed by atoms with Gasteiger partial charge in [0, 0.05) is 23.4 Å². The Bertz CT molecular complexity index is 748. The molecule has 0 N–H and O–H groups in total. The molecule has 134 valence electrons. The first-order valence-electron chi connectivity index (χ1n) is 7.95. The van der Waals surface area contributed by atoms with Gasteiger partial charge in [0.15, 0.2) is 5.82 Å². The molecule has 0 radical (unpaired) electrons. The van der Waals surface area contributed by atoms with Crippen molar-refractivity contribution in [1.82, 2.24) is 9.97 Å². The van der Waals surface area contributed by atoms with Gasteiger partial charge in [-0.15, -0.1) is 0 Å². The summed E-state index contributed by atoms with van der Waals surface area (Å²) in [6, 6.07) is 6.97. The van der Waals surface area contributed by atoms with Crippen molar-refractivity contribution >= 4 is 27.4 Å². The van der Waals surface area contributed by atoms with E-state index >= 15 is 0 Å². The summed E-state index contributed by atoms with van der Waals surface area (Å²) in [5, 5.41) is 0. The normalized spacial score (nSPS) is 15.4. The number of benzene rings is 1. The van der Waals surface area contributed by atoms with E-state index in [0.29, 0.717) is 5.69 Å². The Morgan fingerprint density at radius 1 is 1.24 bits per heavy atom. The van der Waals surface area contributed by atoms with Crippen LogP contribution in [0.5, 0.6) is 6.01 Å². The lowest BCUT2D eigenvalue weighted by molar-refractivity contribution is -0.137. The van der Waals surface area contributed by atoms with Crippen LogP contribution in [-0.2, 0) is 6.18 Å². The highest BCUT2D eigenvalue weighted by Crippen LogP contribution is 2.38. The van der Waals surface area contributed by atoms with E-state index in [4.69, 9.17) is 4.74 Å². The molecule has 0 bridgehead atoms. The second-order valence-corrected chi connectivity index (χ2v) is 6.87. The number of nitrogens with zero attached hydrogens (tertiary/aromatic N) is 3. The average Bonchev–Trinajstić information content (AvgIpc) is 3.06. The average molecular weight is 416 g/mol. The molecule has 0 spiro atoms. The molecule has 1 aliphatic rings. The third kappa shape index (κ3) is 4.23. The number of ether oxygens (including phenoxy) is 1. The van der Waals surface area contributed by atoms with Gasteiger partial charge in [0.25, 0.3) is 0 Å². The van der Waals surface area contributed by atoms with Crippen LogP contribution >= 0.6 is 15.9 Å². The maximum Gasteiger partial charge on any atom is 0.421 e. The van der Waals surface area contributed by atoms with Gasteiger partial charge in [0.1, 0.15) is 11.7 Å². The highest BCUT2D eigenvalue weighted by atomic mass is 79.9. The third-order valence-corrected chi connectivity index (χ3v) is 4.63. The summed E-state index contributed by atoms with van der Waals surface area (Å²) in [6.45, 7) is 0. The quantitative estimate of drug-likeness (QED) is 0.674. The molecule has 0 amide bonds. The summed E-state index contributed by atoms with van der Waals surface area (Å²) in [5.74, 6) is -0.228. The van der Waals surface area contributed by atoms with Crippen LogP contribution in [0, 0.1) is 0 Å². The number of halogens is 4. The van der Waals surface area contributed by atoms with Crippen molar-refractivity contribution in [2.75, 3.05) is 11.9 Å². The zero-order valence-electron chi connectivity index (χ0n) is 13.6. The van der Waals surface area contributed by atoms with Crippen LogP contribution in [0.1, 0.15) is 31.2 Å². The standard InChI is InChI=1S/C17H17BrF3N3O/c1-24(12-6-4-5-11(18)9-12)15-14(17(19,20)21)10-22-16(23-15)25-13-7-2-3-8-13/h4-6,9-10,13H,2-3,7-8H2,1H3. The van der Waals surface area contributed by atoms with E-state index in [1.165, 1.54) is 4.90 Å². The summed E-state index contributed by atoms with van der Waals surface area (Å²) in [7, 11) is 1.54. The van der Waals surface area contributed by atoms with Crippen LogP contribution in [0.15, 0.2) is 34.9 Å². The molecule has 0 aliphatic heterocycles. The summed E-state index contributed by atoms with van der Waals surface area (Å²) in [5.41, 5.74) is -0.320. The maximum absolute atomic E-state index is 13.4. The number of hydrogen-bond donors (Lipinski definition) is 0. The van der Waals surface area contributed by atoms with Crippen LogP contribution < -0.4 is 9.64 Å². The predicted octanol–water partition coefficient (Wildman–Crippen LogP) is 5.35. The van der Waals surface area contributed by atoms with Crippen LogP contribution in [0.4, 0.5) is 24.7 Å². The fraction of sp³-hybridized carbons (Fsp3) is 0.412. The molecule has 0 saturated heterocycles. The number of alkyl halides is 3. The van der Waals surface area contributed by atoms with E-state index in [2.05, 4.69) is 25.9 Å². The highest BCUT2D eigenvalue weighted by Gasteiger charge is 2.37. The van der Waals surface area contributed by atoms with Gasteiger partial charge < -0.3 is 9.64 Å². The van der Waals surface area contributed by atoms with Gasteiger partial charge in [-0.25, -0.2) is 4.98 Å². The van der Waals surface area contributed by atoms with E-state index in [1.807, 2.05) is 0 Å². The Balaban J connectivity index is 1.98. The van der Waals surface area contributed by atoms with Gasteiger partial charge in [-0.3, -0.25) is 0 Å². The molecule has 3 rings (SSSR count). The number of aromatic nitrogens is 2. The minimum atomic E-state index is -4.55. The Morgan fingerprint density at radius 3 is 2.60 bits per heavy atom. The Hall–Kier alpha value is -1.83. The van der Waals surface area contributed by atoms with Crippen LogP contribution in [0.25, 0.3) is 0 Å². The van der Waals surface area contributed by atoms with Crippen molar-refractivity contribution in [3.63, 3.8) is 0 Å². The van der Waals surface area contributed by atoms with E-state index in [0.717, 1.165) is 36.4 Å². The van der Waals surface area contributed by atoms with Crippen molar-refractivity contribution in [3.05, 3.63) is 40.5 Å². The molecular weight excluding hydrogens is 399 g/mol. The number of hydrogen-bond acceptors (Lipinski definition) is 4. The first-order valence-corrected chi connectivity index (χ1v) is 8.74. The van der Waals surface area contributed by atoms with E-state index < -0.39 is 11.7 Å². The molecule has 1 heterocycles. The van der Waals surface area contributed by atoms with Gasteiger partial charge >= 0.3 is 12.2 Å². The van der Waals surface area contributed by atoms with Gasteiger partial charge in [-0.2, -0.15) is 18.2 Å². The zero-order chi connectivity index (χ0) is 18.0. The molecule has 0 unspecified atom stereocenters. The molecule has 1 aromatic heterocycles. The third-order valence-electron chi connectivity index (χ3n) is 4.14. The molecule has 8 heteroatoms. The highest BCUT2D eigenvalue weighted by molar-refractivity contribution is 9.10. The molecule has 1 fully saturated rings. The number of anilines is 2. The lowest BCUT2D eigenvalue weighted by atomic mass is 10.2. The Kier molecular flexibility index (Phi) is 5.17. The molecule has 1 aliphatic carbocycles. The molecule has 1 saturated carbocycles. The van der Waals surface area contributed by atoms with Gasteiger partial charge in [-0.05, 0) is 43.9 Å². The molecule has 25 heavy (non-hydrogen) atoms. The molecule has 1 aromatic carbocycles. The second kappa shape index (κ2) is 7.19. The smallest absolute Gasteiger partial charge is 0.421 e. The fourth-order valence-corrected chi connectivity index (χ4v) is 3.22. The lowest BCUT2D eigenvalue weighted by Crippen LogP contribution is -2.20. The first kappa shape index (κ1) is 18.0. The number of rotatable bonds is 4. The predicted molar refractivity (Wildman–Crippen MR) is 92.1 cm³/mol. The maximum atomic E-state index is 13.4. The van der Waals surface area contributed by atoms with Crippen molar-refractivity contribution in [1.29, 1.82) is 0 Å². The van der Waals surface area contributed by atoms with E-state index in [9.17, 15) is 13.2 Å². The molecular formula is C17H17BrF3N3O. The monoisotopic (exact) mass is 415 g/mol. The van der Waals surface area contributed by atoms with Crippen LogP contribution in [0.2, 0.25) is 0 Å². The van der Waals surface area contributed by atoms with Gasteiger partial charge in [0.2, 0.25) is 0 Å². The fourth-order valence-electron chi connectivity index (χ4n) is 2.83. The zero-order valence-corrected chi connectivity index (χ0v) is 15.1. The Labute approximate surface area is 152 Å². The van der Waals surface area contributed by atoms with Crippen molar-refractivity contribution < 1.29 is 17.9 Å². The minimum absolute atomic E-state index is 0.0169. The van der Waals surface area contributed by atoms with Crippen molar-refractivity contribution in [2.45, 2.75) is 38.0 Å². The van der Waals surface area contributed by atoms with Crippen molar-refractivity contribution in [3.8, 4) is 6.01 Å². The second-order valence-electron chi connectivity index (χ2n) is 5.95. The lowest BCUT2D eigenvalue weighted by Gasteiger charge is -2.23. The minimum Gasteiger partial charge on any atom is -0.460 e. The van der Waals surface area contributed by atoms with E-state index in [-0.39, 0.29) is 17.9 Å². The first-order chi connectivity index (χ1) is 11.8.